The summed E-state index contributed by atoms with van der Waals surface area (Å²) in [6, 6.07) is 0. The molecule has 0 saturated carbocycles. The second kappa shape index (κ2) is 4.73. The van der Waals surface area contributed by atoms with E-state index in [-0.39, 0.29) is 5.54 Å². The highest BCUT2D eigenvalue weighted by Gasteiger charge is 2.27. The zero-order valence-corrected chi connectivity index (χ0v) is 10.6. The summed E-state index contributed by atoms with van der Waals surface area (Å²) in [7, 11) is -0.748. The third-order valence-corrected chi connectivity index (χ3v) is 4.16. The Morgan fingerprint density at radius 1 is 1.14 bits per heavy atom. The first-order valence-electron chi connectivity index (χ1n) is 5.33. The highest BCUT2D eigenvalue weighted by molar-refractivity contribution is 7.82. The monoisotopic (exact) mass is 218 g/mol. The molecule has 4 heteroatoms. The summed E-state index contributed by atoms with van der Waals surface area (Å²) in [5, 5.41) is 0. The fraction of sp³-hybridized carbons (Fsp3) is 1.00. The van der Waals surface area contributed by atoms with Gasteiger partial charge >= 0.3 is 0 Å². The fourth-order valence-electron chi connectivity index (χ4n) is 1.75. The lowest BCUT2D eigenvalue weighted by molar-refractivity contribution is 0.0940. The van der Waals surface area contributed by atoms with Gasteiger partial charge < -0.3 is 0 Å². The Hall–Kier alpha value is 0.0700. The van der Waals surface area contributed by atoms with Crippen molar-refractivity contribution in [3.8, 4) is 0 Å². The molecule has 1 saturated heterocycles. The molecule has 84 valence electrons. The second-order valence-corrected chi connectivity index (χ2v) is 6.43. The Kier molecular flexibility index (Phi) is 4.10. The summed E-state index contributed by atoms with van der Waals surface area (Å²) in [6.45, 7) is 12.6. The molecular weight excluding hydrogens is 196 g/mol. The third-order valence-electron chi connectivity index (χ3n) is 2.72. The molecule has 0 radical (unpaired) electrons. The predicted octanol–water partition coefficient (Wildman–Crippen LogP) is 1.09. The highest BCUT2D eigenvalue weighted by Crippen LogP contribution is 2.16. The lowest BCUT2D eigenvalue weighted by Crippen LogP contribution is -2.53. The van der Waals surface area contributed by atoms with Crippen molar-refractivity contribution in [1.29, 1.82) is 0 Å². The number of hydrogen-bond donors (Lipinski definition) is 0. The van der Waals surface area contributed by atoms with Crippen LogP contribution in [0.25, 0.3) is 0 Å². The summed E-state index contributed by atoms with van der Waals surface area (Å²) in [5.74, 6) is 0.746. The van der Waals surface area contributed by atoms with E-state index in [9.17, 15) is 4.21 Å². The van der Waals surface area contributed by atoms with E-state index in [1.165, 1.54) is 0 Å². The van der Waals surface area contributed by atoms with Gasteiger partial charge in [0.25, 0.3) is 0 Å². The van der Waals surface area contributed by atoms with Gasteiger partial charge in [0.1, 0.15) is 0 Å². The molecule has 0 bridgehead atoms. The summed E-state index contributed by atoms with van der Waals surface area (Å²) < 4.78 is 13.6. The predicted molar refractivity (Wildman–Crippen MR) is 61.6 cm³/mol. The zero-order valence-electron chi connectivity index (χ0n) is 9.75. The van der Waals surface area contributed by atoms with Crippen LogP contribution in [0.4, 0.5) is 0 Å². The van der Waals surface area contributed by atoms with E-state index in [0.29, 0.717) is 0 Å². The van der Waals surface area contributed by atoms with E-state index in [2.05, 4.69) is 30.0 Å². The van der Waals surface area contributed by atoms with Crippen LogP contribution in [-0.4, -0.2) is 50.9 Å². The summed E-state index contributed by atoms with van der Waals surface area (Å²) >= 11 is 0. The lowest BCUT2D eigenvalue weighted by Gasteiger charge is -2.41. The molecule has 0 aromatic carbocycles. The van der Waals surface area contributed by atoms with Crippen LogP contribution in [0.5, 0.6) is 0 Å². The average molecular weight is 218 g/mol. The van der Waals surface area contributed by atoms with Crippen LogP contribution in [-0.2, 0) is 11.0 Å². The van der Waals surface area contributed by atoms with Crippen LogP contribution in [0, 0.1) is 0 Å². The second-order valence-electron chi connectivity index (χ2n) is 4.70. The molecule has 0 spiro atoms. The van der Waals surface area contributed by atoms with Gasteiger partial charge in [-0.25, -0.2) is 8.51 Å². The maximum absolute atomic E-state index is 11.5. The van der Waals surface area contributed by atoms with Crippen LogP contribution in [0.1, 0.15) is 27.7 Å². The Bertz CT molecular complexity index is 205. The van der Waals surface area contributed by atoms with Crippen LogP contribution in [0.3, 0.4) is 0 Å². The van der Waals surface area contributed by atoms with E-state index in [0.717, 1.165) is 31.9 Å². The minimum absolute atomic E-state index is 0.250. The van der Waals surface area contributed by atoms with Gasteiger partial charge in [0, 0.05) is 37.5 Å². The van der Waals surface area contributed by atoms with E-state index < -0.39 is 11.0 Å². The Balaban J connectivity index is 2.43. The molecule has 3 nitrogen and oxygen atoms in total. The van der Waals surface area contributed by atoms with Gasteiger partial charge in [-0.05, 0) is 20.8 Å². The summed E-state index contributed by atoms with van der Waals surface area (Å²) in [6.07, 6.45) is 0. The molecule has 0 aromatic heterocycles. The van der Waals surface area contributed by atoms with Crippen molar-refractivity contribution in [2.75, 3.05) is 31.9 Å². The minimum Gasteiger partial charge on any atom is -0.296 e. The number of rotatable bonds is 2. The molecule has 1 rings (SSSR count). The van der Waals surface area contributed by atoms with Crippen molar-refractivity contribution >= 4 is 11.0 Å². The van der Waals surface area contributed by atoms with E-state index in [4.69, 9.17) is 0 Å². The standard InChI is InChI=1S/C10H22N2OS/c1-5-14(13)12-8-6-11(7-9-12)10(2,3)4/h5-9H2,1-4H3. The van der Waals surface area contributed by atoms with Gasteiger partial charge in [0.2, 0.25) is 0 Å². The van der Waals surface area contributed by atoms with E-state index in [1.54, 1.807) is 0 Å². The summed E-state index contributed by atoms with van der Waals surface area (Å²) in [4.78, 5) is 2.45. The molecule has 0 aromatic rings. The van der Waals surface area contributed by atoms with Crippen molar-refractivity contribution in [2.45, 2.75) is 33.2 Å². The van der Waals surface area contributed by atoms with Crippen molar-refractivity contribution in [3.05, 3.63) is 0 Å². The van der Waals surface area contributed by atoms with Gasteiger partial charge in [-0.3, -0.25) is 4.90 Å². The van der Waals surface area contributed by atoms with E-state index >= 15 is 0 Å². The number of piperazine rings is 1. The first-order chi connectivity index (χ1) is 6.45. The largest absolute Gasteiger partial charge is 0.296 e. The van der Waals surface area contributed by atoms with Gasteiger partial charge in [-0.1, -0.05) is 6.92 Å². The molecule has 14 heavy (non-hydrogen) atoms. The van der Waals surface area contributed by atoms with Crippen LogP contribution >= 0.6 is 0 Å². The molecular formula is C10H22N2OS. The Morgan fingerprint density at radius 2 is 1.64 bits per heavy atom. The third kappa shape index (κ3) is 3.04. The van der Waals surface area contributed by atoms with Crippen molar-refractivity contribution in [1.82, 2.24) is 9.21 Å². The topological polar surface area (TPSA) is 23.6 Å². The van der Waals surface area contributed by atoms with Crippen molar-refractivity contribution in [2.24, 2.45) is 0 Å². The first-order valence-corrected chi connectivity index (χ1v) is 6.61. The van der Waals surface area contributed by atoms with Gasteiger partial charge in [0.05, 0.1) is 11.0 Å². The molecule has 1 aliphatic heterocycles. The van der Waals surface area contributed by atoms with Crippen LogP contribution in [0.15, 0.2) is 0 Å². The van der Waals surface area contributed by atoms with Gasteiger partial charge in [0.15, 0.2) is 0 Å². The van der Waals surface area contributed by atoms with Crippen LogP contribution < -0.4 is 0 Å². The molecule has 1 heterocycles. The van der Waals surface area contributed by atoms with Crippen LogP contribution in [0.2, 0.25) is 0 Å². The average Bonchev–Trinajstić information content (AvgIpc) is 2.15. The Labute approximate surface area is 90.0 Å². The number of hydrogen-bond acceptors (Lipinski definition) is 2. The normalized spacial score (nSPS) is 23.7. The maximum atomic E-state index is 11.5. The fourth-order valence-corrected chi connectivity index (χ4v) is 2.68. The first kappa shape index (κ1) is 12.1. The molecule has 0 N–H and O–H groups in total. The van der Waals surface area contributed by atoms with Crippen molar-refractivity contribution in [3.63, 3.8) is 0 Å². The maximum Gasteiger partial charge on any atom is 0.0940 e. The number of nitrogens with zero attached hydrogens (tertiary/aromatic N) is 2. The molecule has 1 unspecified atom stereocenters. The SMILES string of the molecule is CCS(=O)N1CCN(C(C)(C)C)CC1. The smallest absolute Gasteiger partial charge is 0.0940 e. The Morgan fingerprint density at radius 3 is 2.00 bits per heavy atom. The molecule has 0 amide bonds. The van der Waals surface area contributed by atoms with E-state index in [1.807, 2.05) is 6.92 Å². The minimum atomic E-state index is -0.748. The quantitative estimate of drug-likeness (QED) is 0.692. The molecule has 1 fully saturated rings. The lowest BCUT2D eigenvalue weighted by atomic mass is 10.1. The summed E-state index contributed by atoms with van der Waals surface area (Å²) in [5.41, 5.74) is 0.250. The molecule has 1 aliphatic rings. The van der Waals surface area contributed by atoms with Crippen molar-refractivity contribution < 1.29 is 4.21 Å². The molecule has 1 atom stereocenters. The van der Waals surface area contributed by atoms with Gasteiger partial charge in [-0.15, -0.1) is 0 Å². The van der Waals surface area contributed by atoms with Gasteiger partial charge in [-0.2, -0.15) is 0 Å². The zero-order chi connectivity index (χ0) is 10.8. The molecule has 0 aliphatic carbocycles. The highest BCUT2D eigenvalue weighted by atomic mass is 32.2.